The van der Waals surface area contributed by atoms with Gasteiger partial charge in [-0.15, -0.1) is 0 Å². The number of nitrogens with zero attached hydrogens (tertiary/aromatic N) is 1. The van der Waals surface area contributed by atoms with Crippen LogP contribution in [-0.2, 0) is 9.16 Å². The van der Waals surface area contributed by atoms with Crippen LogP contribution in [0.2, 0.25) is 18.1 Å². The second kappa shape index (κ2) is 5.81. The van der Waals surface area contributed by atoms with E-state index in [4.69, 9.17) is 9.16 Å². The van der Waals surface area contributed by atoms with E-state index in [1.165, 1.54) is 4.90 Å². The predicted molar refractivity (Wildman–Crippen MR) is 77.1 cm³/mol. The Morgan fingerprint density at radius 1 is 1.42 bits per heavy atom. The first-order chi connectivity index (χ1) is 8.58. The van der Waals surface area contributed by atoms with Crippen molar-refractivity contribution in [3.05, 3.63) is 0 Å². The summed E-state index contributed by atoms with van der Waals surface area (Å²) in [5.74, 6) is 0. The molecule has 1 N–H and O–H groups in total. The Kier molecular flexibility index (Phi) is 5.03. The number of methoxy groups -OCH3 is 1. The molecule has 1 amide bonds. The van der Waals surface area contributed by atoms with Crippen LogP contribution >= 0.6 is 0 Å². The predicted octanol–water partition coefficient (Wildman–Crippen LogP) is 2.78. The van der Waals surface area contributed by atoms with E-state index in [2.05, 4.69) is 33.9 Å². The summed E-state index contributed by atoms with van der Waals surface area (Å²) in [6, 6.07) is -0.0859. The number of hydrogen-bond donors (Lipinski definition) is 1. The summed E-state index contributed by atoms with van der Waals surface area (Å²) < 4.78 is 11.4. The quantitative estimate of drug-likeness (QED) is 0.809. The molecule has 5 nitrogen and oxygen atoms in total. The van der Waals surface area contributed by atoms with Crippen molar-refractivity contribution in [2.24, 2.45) is 0 Å². The number of amides is 1. The first-order valence-corrected chi connectivity index (χ1v) is 9.65. The normalized spacial score (nSPS) is 24.8. The van der Waals surface area contributed by atoms with Gasteiger partial charge in [0.1, 0.15) is 0 Å². The van der Waals surface area contributed by atoms with E-state index in [-0.39, 0.29) is 17.2 Å². The molecule has 1 aliphatic heterocycles. The van der Waals surface area contributed by atoms with E-state index >= 15 is 0 Å². The molecule has 0 aromatic rings. The van der Waals surface area contributed by atoms with E-state index in [1.54, 1.807) is 7.11 Å². The van der Waals surface area contributed by atoms with Gasteiger partial charge < -0.3 is 19.2 Å². The lowest BCUT2D eigenvalue weighted by molar-refractivity contribution is 0.0986. The Bertz CT molecular complexity index is 327. The molecule has 0 aromatic heterocycles. The Labute approximate surface area is 117 Å². The molecule has 1 heterocycles. The van der Waals surface area contributed by atoms with Gasteiger partial charge in [0.2, 0.25) is 0 Å². The molecule has 0 radical (unpaired) electrons. The Morgan fingerprint density at radius 2 is 2.00 bits per heavy atom. The largest absolute Gasteiger partial charge is 0.465 e. The van der Waals surface area contributed by atoms with Crippen LogP contribution in [0.1, 0.15) is 27.2 Å². The lowest BCUT2D eigenvalue weighted by Gasteiger charge is -2.38. The van der Waals surface area contributed by atoms with E-state index in [1.807, 2.05) is 0 Å². The molecule has 1 fully saturated rings. The second-order valence-corrected chi connectivity index (χ2v) is 11.5. The zero-order valence-corrected chi connectivity index (χ0v) is 13.9. The molecule has 0 unspecified atom stereocenters. The van der Waals surface area contributed by atoms with Gasteiger partial charge in [-0.2, -0.15) is 0 Å². The van der Waals surface area contributed by atoms with Gasteiger partial charge in [0.15, 0.2) is 8.32 Å². The van der Waals surface area contributed by atoms with Crippen LogP contribution in [0.15, 0.2) is 0 Å². The maximum absolute atomic E-state index is 11.2. The monoisotopic (exact) mass is 289 g/mol. The minimum absolute atomic E-state index is 0.00265. The Hall–Kier alpha value is -0.593. The van der Waals surface area contributed by atoms with E-state index in [0.717, 1.165) is 6.42 Å². The van der Waals surface area contributed by atoms with Crippen molar-refractivity contribution in [3.8, 4) is 0 Å². The Balaban J connectivity index is 2.70. The highest BCUT2D eigenvalue weighted by molar-refractivity contribution is 6.74. The molecule has 1 aliphatic rings. The van der Waals surface area contributed by atoms with Crippen molar-refractivity contribution in [2.75, 3.05) is 20.3 Å². The van der Waals surface area contributed by atoms with Crippen molar-refractivity contribution in [1.29, 1.82) is 0 Å². The molecule has 112 valence electrons. The Morgan fingerprint density at radius 3 is 2.42 bits per heavy atom. The van der Waals surface area contributed by atoms with Gasteiger partial charge in [-0.3, -0.25) is 0 Å². The van der Waals surface area contributed by atoms with Gasteiger partial charge >= 0.3 is 6.09 Å². The number of carbonyl (C=O) groups is 1. The fourth-order valence-electron chi connectivity index (χ4n) is 2.14. The summed E-state index contributed by atoms with van der Waals surface area (Å²) in [6.07, 6.45) is -0.160. The molecule has 1 rings (SSSR count). The molecule has 1 saturated heterocycles. The molecule has 0 spiro atoms. The first-order valence-electron chi connectivity index (χ1n) is 6.75. The number of hydrogen-bond acceptors (Lipinski definition) is 3. The highest BCUT2D eigenvalue weighted by Gasteiger charge is 2.43. The maximum atomic E-state index is 11.2. The molecule has 0 aliphatic carbocycles. The van der Waals surface area contributed by atoms with Gasteiger partial charge in [-0.1, -0.05) is 20.8 Å². The topological polar surface area (TPSA) is 59.0 Å². The van der Waals surface area contributed by atoms with E-state index < -0.39 is 14.4 Å². The van der Waals surface area contributed by atoms with Crippen LogP contribution in [0.4, 0.5) is 4.79 Å². The summed E-state index contributed by atoms with van der Waals surface area (Å²) in [5.41, 5.74) is 0. The molecule has 6 heteroatoms. The minimum Gasteiger partial charge on any atom is -0.465 e. The van der Waals surface area contributed by atoms with Crippen molar-refractivity contribution >= 4 is 14.4 Å². The SMILES string of the molecule is COC[C@@H]1C[C@H](O[Si](C)(C)C(C)(C)C)CN1C(=O)O. The molecule has 0 bridgehead atoms. The third-order valence-electron chi connectivity index (χ3n) is 4.25. The maximum Gasteiger partial charge on any atom is 0.407 e. The van der Waals surface area contributed by atoms with Crippen LogP contribution in [0.3, 0.4) is 0 Å². The van der Waals surface area contributed by atoms with E-state index in [0.29, 0.717) is 13.2 Å². The number of ether oxygens (including phenoxy) is 1. The molecule has 19 heavy (non-hydrogen) atoms. The number of likely N-dealkylation sites (tertiary alicyclic amines) is 1. The van der Waals surface area contributed by atoms with Crippen LogP contribution in [0.5, 0.6) is 0 Å². The highest BCUT2D eigenvalue weighted by atomic mass is 28.4. The standard InChI is InChI=1S/C13H27NO4Si/c1-13(2,3)19(5,6)18-11-7-10(9-17-4)14(8-11)12(15)16/h10-11H,7-9H2,1-6H3,(H,15,16)/t10-,11-/m0/s1. The lowest BCUT2D eigenvalue weighted by Crippen LogP contribution is -2.44. The average molecular weight is 289 g/mol. The third kappa shape index (κ3) is 3.93. The fourth-order valence-corrected chi connectivity index (χ4v) is 3.49. The smallest absolute Gasteiger partial charge is 0.407 e. The zero-order valence-electron chi connectivity index (χ0n) is 12.9. The summed E-state index contributed by atoms with van der Waals surface area (Å²) in [6.45, 7) is 11.9. The van der Waals surface area contributed by atoms with Crippen molar-refractivity contribution in [1.82, 2.24) is 4.90 Å². The van der Waals surface area contributed by atoms with Gasteiger partial charge in [0, 0.05) is 13.7 Å². The van der Waals surface area contributed by atoms with E-state index in [9.17, 15) is 9.90 Å². The van der Waals surface area contributed by atoms with Gasteiger partial charge in [-0.25, -0.2) is 4.79 Å². The van der Waals surface area contributed by atoms with Crippen molar-refractivity contribution in [3.63, 3.8) is 0 Å². The lowest BCUT2D eigenvalue weighted by atomic mass is 10.2. The third-order valence-corrected chi connectivity index (χ3v) is 8.78. The van der Waals surface area contributed by atoms with Gasteiger partial charge in [-0.05, 0) is 24.6 Å². The minimum atomic E-state index is -1.85. The first kappa shape index (κ1) is 16.5. The molecule has 0 aromatic carbocycles. The fraction of sp³-hybridized carbons (Fsp3) is 0.923. The van der Waals surface area contributed by atoms with Crippen molar-refractivity contribution in [2.45, 2.75) is 57.5 Å². The zero-order chi connectivity index (χ0) is 14.8. The second-order valence-electron chi connectivity index (χ2n) is 6.78. The van der Waals surface area contributed by atoms with Crippen LogP contribution in [0, 0.1) is 0 Å². The number of carboxylic acid groups (broad SMARTS) is 1. The summed E-state index contributed by atoms with van der Waals surface area (Å²) in [4.78, 5) is 12.7. The highest BCUT2D eigenvalue weighted by Crippen LogP contribution is 2.38. The average Bonchev–Trinajstić information content (AvgIpc) is 2.59. The molecular weight excluding hydrogens is 262 g/mol. The summed E-state index contributed by atoms with van der Waals surface area (Å²) >= 11 is 0. The summed E-state index contributed by atoms with van der Waals surface area (Å²) in [7, 11) is -0.248. The van der Waals surface area contributed by atoms with Crippen molar-refractivity contribution < 1.29 is 19.1 Å². The molecule has 0 saturated carbocycles. The van der Waals surface area contributed by atoms with Crippen LogP contribution < -0.4 is 0 Å². The van der Waals surface area contributed by atoms with Crippen LogP contribution in [-0.4, -0.2) is 56.8 Å². The summed E-state index contributed by atoms with van der Waals surface area (Å²) in [5, 5.41) is 9.35. The van der Waals surface area contributed by atoms with Gasteiger partial charge in [0.25, 0.3) is 0 Å². The number of rotatable bonds is 4. The molecular formula is C13H27NO4Si. The molecule has 2 atom stereocenters. The van der Waals surface area contributed by atoms with Gasteiger partial charge in [0.05, 0.1) is 18.8 Å². The van der Waals surface area contributed by atoms with Crippen LogP contribution in [0.25, 0.3) is 0 Å².